The Bertz CT molecular complexity index is 676. The first kappa shape index (κ1) is 21.8. The Morgan fingerprint density at radius 1 is 0.714 bits per heavy atom. The zero-order valence-corrected chi connectivity index (χ0v) is 16.7. The molecule has 0 aliphatic heterocycles. The largest absolute Gasteiger partial charge is 0.386 e. The molecule has 0 spiro atoms. The number of rotatable bonds is 10. The van der Waals surface area contributed by atoms with Crippen LogP contribution in [0.2, 0.25) is 0 Å². The molecule has 0 saturated carbocycles. The van der Waals surface area contributed by atoms with Crippen LogP contribution in [-0.2, 0) is 28.7 Å². The molecule has 0 aromatic rings. The second-order valence-electron chi connectivity index (χ2n) is 7.12. The van der Waals surface area contributed by atoms with E-state index < -0.39 is 23.9 Å². The van der Waals surface area contributed by atoms with Gasteiger partial charge >= 0.3 is 23.9 Å². The van der Waals surface area contributed by atoms with Crippen molar-refractivity contribution < 1.29 is 28.7 Å². The van der Waals surface area contributed by atoms with Crippen molar-refractivity contribution in [1.29, 1.82) is 0 Å². The zero-order chi connectivity index (χ0) is 20.5. The van der Waals surface area contributed by atoms with Crippen LogP contribution >= 0.6 is 0 Å². The molecule has 0 unspecified atom stereocenters. The van der Waals surface area contributed by atoms with E-state index in [0.29, 0.717) is 24.0 Å². The molecule has 28 heavy (non-hydrogen) atoms. The first-order valence-electron chi connectivity index (χ1n) is 10.1. The molecule has 0 radical (unpaired) electrons. The summed E-state index contributed by atoms with van der Waals surface area (Å²) in [6.07, 6.45) is 10.3. The summed E-state index contributed by atoms with van der Waals surface area (Å²) in [5.74, 6) is -3.21. The van der Waals surface area contributed by atoms with E-state index in [9.17, 15) is 19.2 Å². The smallest absolute Gasteiger partial charge is 0.341 e. The summed E-state index contributed by atoms with van der Waals surface area (Å²) in [5.41, 5.74) is 3.21. The average Bonchev–Trinajstić information content (AvgIpc) is 2.58. The lowest BCUT2D eigenvalue weighted by Crippen LogP contribution is -2.20. The molecular weight excluding hydrogens is 360 g/mol. The molecule has 0 aromatic heterocycles. The maximum absolute atomic E-state index is 12.0. The van der Waals surface area contributed by atoms with Gasteiger partial charge in [-0.15, -0.1) is 0 Å². The van der Waals surface area contributed by atoms with E-state index in [-0.39, 0.29) is 0 Å². The van der Waals surface area contributed by atoms with Crippen LogP contribution in [0.15, 0.2) is 34.4 Å². The number of hydrogen-bond donors (Lipinski definition) is 0. The van der Waals surface area contributed by atoms with Gasteiger partial charge in [-0.3, -0.25) is 0 Å². The summed E-state index contributed by atoms with van der Waals surface area (Å²) in [6.45, 7) is 4.14. The molecule has 2 aliphatic rings. The van der Waals surface area contributed by atoms with Crippen LogP contribution in [0.4, 0.5) is 0 Å². The van der Waals surface area contributed by atoms with Gasteiger partial charge in [0.1, 0.15) is 0 Å². The van der Waals surface area contributed by atoms with Crippen LogP contribution in [0.5, 0.6) is 0 Å². The topological polar surface area (TPSA) is 86.7 Å². The molecule has 0 heterocycles. The Balaban J connectivity index is 1.80. The number of allylic oxidation sites excluding steroid dienone is 2. The van der Waals surface area contributed by atoms with Crippen LogP contribution in [0.25, 0.3) is 0 Å². The van der Waals surface area contributed by atoms with Crippen LogP contribution in [0, 0.1) is 0 Å². The van der Waals surface area contributed by atoms with Gasteiger partial charge in [0.15, 0.2) is 0 Å². The normalized spacial score (nSPS) is 15.9. The molecule has 152 valence electrons. The maximum atomic E-state index is 12.0. The van der Waals surface area contributed by atoms with Gasteiger partial charge in [-0.1, -0.05) is 37.8 Å². The first-order chi connectivity index (χ1) is 13.5. The van der Waals surface area contributed by atoms with Crippen LogP contribution in [0.1, 0.15) is 78.1 Å². The SMILES string of the molecule is CCCCC1=C(C(=O)OC(=O)C=CC(=O)OC(=O)C2=C(CCCC)CC2)CC1. The summed E-state index contributed by atoms with van der Waals surface area (Å²) in [4.78, 5) is 47.4. The van der Waals surface area contributed by atoms with E-state index in [1.54, 1.807) is 0 Å². The van der Waals surface area contributed by atoms with Gasteiger partial charge in [-0.25, -0.2) is 19.2 Å². The van der Waals surface area contributed by atoms with Gasteiger partial charge in [0.2, 0.25) is 0 Å². The average molecular weight is 388 g/mol. The van der Waals surface area contributed by atoms with Crippen molar-refractivity contribution in [3.8, 4) is 0 Å². The Morgan fingerprint density at radius 2 is 1.11 bits per heavy atom. The standard InChI is InChI=1S/C22H28O6/c1-3-5-7-15-9-11-17(15)21(25)27-19(23)13-14-20(24)28-22(26)18-12-10-16(18)8-6-4-2/h13-14H,3-12H2,1-2H3. The fraction of sp³-hybridized carbons (Fsp3) is 0.545. The Labute approximate surface area is 165 Å². The minimum atomic E-state index is -0.949. The van der Waals surface area contributed by atoms with Gasteiger partial charge in [0.05, 0.1) is 0 Å². The molecule has 0 fully saturated rings. The molecule has 0 N–H and O–H groups in total. The molecule has 6 nitrogen and oxygen atoms in total. The zero-order valence-electron chi connectivity index (χ0n) is 16.7. The highest BCUT2D eigenvalue weighted by atomic mass is 16.6. The van der Waals surface area contributed by atoms with E-state index in [0.717, 1.165) is 74.7 Å². The molecular formula is C22H28O6. The molecule has 0 atom stereocenters. The van der Waals surface area contributed by atoms with E-state index >= 15 is 0 Å². The van der Waals surface area contributed by atoms with Gasteiger partial charge < -0.3 is 9.47 Å². The van der Waals surface area contributed by atoms with E-state index in [1.165, 1.54) is 0 Å². The molecule has 2 rings (SSSR count). The number of carbonyl (C=O) groups is 4. The van der Waals surface area contributed by atoms with Crippen molar-refractivity contribution in [1.82, 2.24) is 0 Å². The van der Waals surface area contributed by atoms with Crippen molar-refractivity contribution in [2.75, 3.05) is 0 Å². The Morgan fingerprint density at radius 3 is 1.39 bits per heavy atom. The third-order valence-electron chi connectivity index (χ3n) is 5.11. The van der Waals surface area contributed by atoms with Gasteiger partial charge in [0, 0.05) is 23.3 Å². The lowest BCUT2D eigenvalue weighted by atomic mass is 9.85. The maximum Gasteiger partial charge on any atom is 0.341 e. The number of ether oxygens (including phenoxy) is 2. The first-order valence-corrected chi connectivity index (χ1v) is 10.1. The highest BCUT2D eigenvalue weighted by Crippen LogP contribution is 2.33. The van der Waals surface area contributed by atoms with Crippen LogP contribution in [0.3, 0.4) is 0 Å². The third kappa shape index (κ3) is 6.01. The monoisotopic (exact) mass is 388 g/mol. The van der Waals surface area contributed by atoms with Gasteiger partial charge in [-0.05, 0) is 51.4 Å². The molecule has 2 aliphatic carbocycles. The van der Waals surface area contributed by atoms with Crippen molar-refractivity contribution in [2.45, 2.75) is 78.1 Å². The van der Waals surface area contributed by atoms with E-state index in [2.05, 4.69) is 13.8 Å². The summed E-state index contributed by atoms with van der Waals surface area (Å²) in [7, 11) is 0. The lowest BCUT2D eigenvalue weighted by Gasteiger charge is -2.21. The minimum absolute atomic E-state index is 0.560. The minimum Gasteiger partial charge on any atom is -0.386 e. The lowest BCUT2D eigenvalue weighted by molar-refractivity contribution is -0.156. The summed E-state index contributed by atoms with van der Waals surface area (Å²) in [5, 5.41) is 0. The summed E-state index contributed by atoms with van der Waals surface area (Å²) < 4.78 is 9.47. The van der Waals surface area contributed by atoms with Crippen LogP contribution in [-0.4, -0.2) is 23.9 Å². The third-order valence-corrected chi connectivity index (χ3v) is 5.11. The van der Waals surface area contributed by atoms with Crippen molar-refractivity contribution in [3.63, 3.8) is 0 Å². The Kier molecular flexibility index (Phi) is 8.36. The van der Waals surface area contributed by atoms with Gasteiger partial charge in [0.25, 0.3) is 0 Å². The number of hydrogen-bond acceptors (Lipinski definition) is 6. The van der Waals surface area contributed by atoms with Crippen molar-refractivity contribution in [2.24, 2.45) is 0 Å². The highest BCUT2D eigenvalue weighted by molar-refractivity contribution is 6.05. The quantitative estimate of drug-likeness (QED) is 0.316. The van der Waals surface area contributed by atoms with Crippen molar-refractivity contribution in [3.05, 3.63) is 34.4 Å². The summed E-state index contributed by atoms with van der Waals surface area (Å²) in [6, 6.07) is 0. The number of carbonyl (C=O) groups excluding carboxylic acids is 4. The van der Waals surface area contributed by atoms with Gasteiger partial charge in [-0.2, -0.15) is 0 Å². The molecule has 0 bridgehead atoms. The van der Waals surface area contributed by atoms with E-state index in [1.807, 2.05) is 0 Å². The molecule has 0 amide bonds. The summed E-state index contributed by atoms with van der Waals surface area (Å²) >= 11 is 0. The number of unbranched alkanes of at least 4 members (excludes halogenated alkanes) is 2. The fourth-order valence-electron chi connectivity index (χ4n) is 3.19. The number of esters is 4. The molecule has 0 aromatic carbocycles. The second-order valence-corrected chi connectivity index (χ2v) is 7.12. The molecule has 6 heteroatoms. The second kappa shape index (κ2) is 10.7. The predicted octanol–water partition coefficient (Wildman–Crippen LogP) is 4.24. The van der Waals surface area contributed by atoms with E-state index in [4.69, 9.17) is 9.47 Å². The van der Waals surface area contributed by atoms with Crippen molar-refractivity contribution >= 4 is 23.9 Å². The fourth-order valence-corrected chi connectivity index (χ4v) is 3.19. The highest BCUT2D eigenvalue weighted by Gasteiger charge is 2.27. The predicted molar refractivity (Wildman–Crippen MR) is 103 cm³/mol. The molecule has 0 saturated heterocycles. The van der Waals surface area contributed by atoms with Crippen LogP contribution < -0.4 is 0 Å². The Hall–Kier alpha value is -2.50.